The molecule has 0 amide bonds. The molecule has 0 spiro atoms. The van der Waals surface area contributed by atoms with Crippen LogP contribution in [0.15, 0.2) is 40.3 Å². The topological polar surface area (TPSA) is 84.2 Å². The van der Waals surface area contributed by atoms with Crippen molar-refractivity contribution in [3.05, 3.63) is 51.1 Å². The molecule has 0 bridgehead atoms. The maximum absolute atomic E-state index is 13.6. The van der Waals surface area contributed by atoms with Crippen LogP contribution in [0.3, 0.4) is 0 Å². The Morgan fingerprint density at radius 1 is 1.36 bits per heavy atom. The molecule has 0 fully saturated rings. The first-order valence-electron chi connectivity index (χ1n) is 8.91. The van der Waals surface area contributed by atoms with E-state index in [0.29, 0.717) is 34.1 Å². The van der Waals surface area contributed by atoms with Gasteiger partial charge in [-0.3, -0.25) is 9.36 Å². The van der Waals surface area contributed by atoms with E-state index in [1.54, 1.807) is 0 Å². The van der Waals surface area contributed by atoms with Crippen molar-refractivity contribution in [2.75, 3.05) is 0 Å². The number of thiophene rings is 1. The van der Waals surface area contributed by atoms with Crippen LogP contribution in [0.1, 0.15) is 31.2 Å². The summed E-state index contributed by atoms with van der Waals surface area (Å²) in [7, 11) is 0. The molecule has 0 saturated heterocycles. The highest BCUT2D eigenvalue weighted by molar-refractivity contribution is 8.00. The SMILES string of the molecule is C[C@@H](Sc1nc2sc3c(c2c(=O)n1-c1ccccc1)CC(C)(C)OC3)C(=O)[O-]. The highest BCUT2D eigenvalue weighted by Crippen LogP contribution is 2.38. The van der Waals surface area contributed by atoms with Crippen molar-refractivity contribution in [1.82, 2.24) is 9.55 Å². The number of benzene rings is 1. The Labute approximate surface area is 170 Å². The Morgan fingerprint density at radius 2 is 2.07 bits per heavy atom. The van der Waals surface area contributed by atoms with E-state index in [4.69, 9.17) is 4.74 Å². The molecule has 1 aliphatic heterocycles. The average molecular weight is 416 g/mol. The molecule has 0 unspecified atom stereocenters. The first-order chi connectivity index (χ1) is 13.3. The fourth-order valence-corrected chi connectivity index (χ4v) is 5.27. The fourth-order valence-electron chi connectivity index (χ4n) is 3.26. The zero-order chi connectivity index (χ0) is 20.1. The predicted molar refractivity (Wildman–Crippen MR) is 108 cm³/mol. The first kappa shape index (κ1) is 19.2. The zero-order valence-corrected chi connectivity index (χ0v) is 17.4. The minimum Gasteiger partial charge on any atom is -0.549 e. The number of carboxylic acid groups (broad SMARTS) is 1. The van der Waals surface area contributed by atoms with Gasteiger partial charge < -0.3 is 14.6 Å². The number of hydrogen-bond donors (Lipinski definition) is 0. The lowest BCUT2D eigenvalue weighted by atomic mass is 9.94. The van der Waals surface area contributed by atoms with Crippen LogP contribution in [0.5, 0.6) is 0 Å². The lowest BCUT2D eigenvalue weighted by molar-refractivity contribution is -0.304. The van der Waals surface area contributed by atoms with Crippen molar-refractivity contribution in [3.63, 3.8) is 0 Å². The third-order valence-electron chi connectivity index (χ3n) is 4.70. The van der Waals surface area contributed by atoms with Gasteiger partial charge in [-0.25, -0.2) is 4.98 Å². The maximum Gasteiger partial charge on any atom is 0.267 e. The Balaban J connectivity index is 1.98. The summed E-state index contributed by atoms with van der Waals surface area (Å²) >= 11 is 2.46. The summed E-state index contributed by atoms with van der Waals surface area (Å²) in [6.45, 7) is 6.00. The van der Waals surface area contributed by atoms with Gasteiger partial charge in [0.2, 0.25) is 0 Å². The summed E-state index contributed by atoms with van der Waals surface area (Å²) in [6.07, 6.45) is 0.635. The molecule has 2 aromatic heterocycles. The largest absolute Gasteiger partial charge is 0.549 e. The predicted octanol–water partition coefficient (Wildman–Crippen LogP) is 2.53. The molecule has 0 N–H and O–H groups in total. The van der Waals surface area contributed by atoms with Crippen LogP contribution in [0.25, 0.3) is 15.9 Å². The number of rotatable bonds is 4. The molecule has 8 heteroatoms. The lowest BCUT2D eigenvalue weighted by Gasteiger charge is -2.30. The van der Waals surface area contributed by atoms with E-state index in [9.17, 15) is 14.7 Å². The van der Waals surface area contributed by atoms with Crippen molar-refractivity contribution in [3.8, 4) is 5.69 Å². The lowest BCUT2D eigenvalue weighted by Crippen LogP contribution is -2.33. The van der Waals surface area contributed by atoms with Crippen LogP contribution < -0.4 is 10.7 Å². The van der Waals surface area contributed by atoms with E-state index < -0.39 is 11.2 Å². The van der Waals surface area contributed by atoms with Crippen molar-refractivity contribution in [2.45, 2.75) is 49.8 Å². The molecular weight excluding hydrogens is 396 g/mol. The minimum atomic E-state index is -1.19. The number of nitrogens with zero attached hydrogens (tertiary/aromatic N) is 2. The van der Waals surface area contributed by atoms with Gasteiger partial charge >= 0.3 is 0 Å². The van der Waals surface area contributed by atoms with Gasteiger partial charge in [0.1, 0.15) is 4.83 Å². The summed E-state index contributed by atoms with van der Waals surface area (Å²) in [5.41, 5.74) is 1.12. The Bertz CT molecular complexity index is 1120. The summed E-state index contributed by atoms with van der Waals surface area (Å²) in [4.78, 5) is 31.1. The number of aromatic nitrogens is 2. The van der Waals surface area contributed by atoms with Crippen LogP contribution in [-0.2, 0) is 22.6 Å². The van der Waals surface area contributed by atoms with Gasteiger partial charge in [0.15, 0.2) is 5.16 Å². The molecule has 146 valence electrons. The Morgan fingerprint density at radius 3 is 2.75 bits per heavy atom. The van der Waals surface area contributed by atoms with Crippen molar-refractivity contribution >= 4 is 39.3 Å². The molecule has 4 rings (SSSR count). The molecular formula is C20H19N2O4S2-. The summed E-state index contributed by atoms with van der Waals surface area (Å²) in [6, 6.07) is 9.16. The molecule has 1 aromatic carbocycles. The van der Waals surface area contributed by atoms with Gasteiger partial charge in [-0.2, -0.15) is 0 Å². The second-order valence-electron chi connectivity index (χ2n) is 7.36. The van der Waals surface area contributed by atoms with Gasteiger partial charge in [0.05, 0.1) is 29.3 Å². The van der Waals surface area contributed by atoms with Gasteiger partial charge in [-0.05, 0) is 38.5 Å². The second kappa shape index (κ2) is 7.02. The molecule has 0 radical (unpaired) electrons. The molecule has 3 aromatic rings. The molecule has 6 nitrogen and oxygen atoms in total. The number of thioether (sulfide) groups is 1. The summed E-state index contributed by atoms with van der Waals surface area (Å²) in [5, 5.41) is 11.4. The van der Waals surface area contributed by atoms with Crippen LogP contribution in [-0.4, -0.2) is 26.4 Å². The number of fused-ring (bicyclic) bond motifs is 3. The fraction of sp³-hybridized carbons (Fsp3) is 0.350. The quantitative estimate of drug-likeness (QED) is 0.481. The maximum atomic E-state index is 13.6. The highest BCUT2D eigenvalue weighted by Gasteiger charge is 2.31. The van der Waals surface area contributed by atoms with Crippen LogP contribution in [0, 0.1) is 0 Å². The van der Waals surface area contributed by atoms with E-state index in [0.717, 1.165) is 22.2 Å². The van der Waals surface area contributed by atoms with Crippen molar-refractivity contribution in [1.29, 1.82) is 0 Å². The van der Waals surface area contributed by atoms with Gasteiger partial charge in [0, 0.05) is 16.5 Å². The van der Waals surface area contributed by atoms with Gasteiger partial charge in [-0.15, -0.1) is 11.3 Å². The third-order valence-corrected chi connectivity index (χ3v) is 6.83. The highest BCUT2D eigenvalue weighted by atomic mass is 32.2. The monoisotopic (exact) mass is 415 g/mol. The van der Waals surface area contributed by atoms with E-state index in [-0.39, 0.29) is 11.2 Å². The standard InChI is InChI=1S/C20H20N2O4S2/c1-11(18(24)25)27-19-21-16-15(13-9-20(2,3)26-10-14(13)28-16)17(23)22(19)12-7-5-4-6-8-12/h4-8,11H,9-10H2,1-3H3,(H,24,25)/p-1/t11-/m1/s1. The van der Waals surface area contributed by atoms with E-state index in [2.05, 4.69) is 4.98 Å². The van der Waals surface area contributed by atoms with Gasteiger partial charge in [-0.1, -0.05) is 30.0 Å². The molecule has 3 heterocycles. The minimum absolute atomic E-state index is 0.181. The second-order valence-corrected chi connectivity index (χ2v) is 9.75. The Kier molecular flexibility index (Phi) is 4.81. The van der Waals surface area contributed by atoms with Crippen LogP contribution >= 0.6 is 23.1 Å². The smallest absolute Gasteiger partial charge is 0.267 e. The zero-order valence-electron chi connectivity index (χ0n) is 15.7. The molecule has 0 aliphatic carbocycles. The average Bonchev–Trinajstić information content (AvgIpc) is 2.99. The van der Waals surface area contributed by atoms with E-state index >= 15 is 0 Å². The van der Waals surface area contributed by atoms with Gasteiger partial charge in [0.25, 0.3) is 5.56 Å². The molecule has 0 saturated carbocycles. The van der Waals surface area contributed by atoms with Crippen LogP contribution in [0.2, 0.25) is 0 Å². The molecule has 28 heavy (non-hydrogen) atoms. The summed E-state index contributed by atoms with van der Waals surface area (Å²) in [5.74, 6) is -1.19. The number of carboxylic acids is 1. The number of carbonyl (C=O) groups excluding carboxylic acids is 1. The first-order valence-corrected chi connectivity index (χ1v) is 10.6. The normalized spacial score (nSPS) is 16.7. The number of para-hydroxylation sites is 1. The number of hydrogen-bond acceptors (Lipinski definition) is 7. The molecule has 1 atom stereocenters. The molecule has 1 aliphatic rings. The van der Waals surface area contributed by atoms with Crippen molar-refractivity contribution in [2.24, 2.45) is 0 Å². The summed E-state index contributed by atoms with van der Waals surface area (Å²) < 4.78 is 7.39. The van der Waals surface area contributed by atoms with Crippen LogP contribution in [0.4, 0.5) is 0 Å². The Hall–Kier alpha value is -2.16. The van der Waals surface area contributed by atoms with Crippen molar-refractivity contribution < 1.29 is 14.6 Å². The van der Waals surface area contributed by atoms with E-state index in [1.807, 2.05) is 44.2 Å². The number of aliphatic carboxylic acids is 1. The van der Waals surface area contributed by atoms with E-state index in [1.165, 1.54) is 22.8 Å². The number of ether oxygens (including phenoxy) is 1. The number of carbonyl (C=O) groups is 1. The third kappa shape index (κ3) is 3.36.